The molecule has 1 aliphatic rings. The first kappa shape index (κ1) is 16.4. The summed E-state index contributed by atoms with van der Waals surface area (Å²) in [6, 6.07) is 1.69. The third-order valence-corrected chi connectivity index (χ3v) is 5.18. The van der Waals surface area contributed by atoms with Gasteiger partial charge >= 0.3 is 0 Å². The standard InChI is InChI=1S/C13H23N3O4S/c1-10(2)13-7-11(15-20-13)8-14-21(17,18)16-6-4-5-12(16)9-19-3/h7,10,12,14H,4-6,8-9H2,1-3H3. The molecular weight excluding hydrogens is 294 g/mol. The highest BCUT2D eigenvalue weighted by Crippen LogP contribution is 2.21. The molecule has 0 aromatic carbocycles. The summed E-state index contributed by atoms with van der Waals surface area (Å²) in [5, 5.41) is 3.88. The fourth-order valence-corrected chi connectivity index (χ4v) is 3.84. The molecule has 1 aromatic heterocycles. The molecule has 8 heteroatoms. The van der Waals surface area contributed by atoms with Crippen molar-refractivity contribution in [2.75, 3.05) is 20.3 Å². The Morgan fingerprint density at radius 3 is 2.95 bits per heavy atom. The zero-order chi connectivity index (χ0) is 15.5. The normalized spacial score (nSPS) is 20.5. The number of nitrogens with one attached hydrogen (secondary N) is 1. The molecule has 1 aliphatic heterocycles. The Morgan fingerprint density at radius 1 is 1.57 bits per heavy atom. The number of nitrogens with zero attached hydrogens (tertiary/aromatic N) is 2. The quantitative estimate of drug-likeness (QED) is 0.818. The molecule has 0 aliphatic carbocycles. The third-order valence-electron chi connectivity index (χ3n) is 3.57. The lowest BCUT2D eigenvalue weighted by molar-refractivity contribution is 0.148. The molecule has 2 rings (SSSR count). The SMILES string of the molecule is COCC1CCCN1S(=O)(=O)NCc1cc(C(C)C)on1. The number of aromatic nitrogens is 1. The van der Waals surface area contributed by atoms with Crippen molar-refractivity contribution >= 4 is 10.2 Å². The van der Waals surface area contributed by atoms with Crippen molar-refractivity contribution in [1.82, 2.24) is 14.2 Å². The van der Waals surface area contributed by atoms with Crippen LogP contribution in [0.2, 0.25) is 0 Å². The van der Waals surface area contributed by atoms with Gasteiger partial charge in [0.05, 0.1) is 18.8 Å². The van der Waals surface area contributed by atoms with Crippen LogP contribution in [0.3, 0.4) is 0 Å². The minimum Gasteiger partial charge on any atom is -0.383 e. The molecule has 1 aromatic rings. The number of rotatable bonds is 7. The molecule has 1 atom stereocenters. The van der Waals surface area contributed by atoms with E-state index in [9.17, 15) is 8.42 Å². The van der Waals surface area contributed by atoms with E-state index in [0.29, 0.717) is 18.8 Å². The summed E-state index contributed by atoms with van der Waals surface area (Å²) >= 11 is 0. The van der Waals surface area contributed by atoms with E-state index in [-0.39, 0.29) is 18.5 Å². The van der Waals surface area contributed by atoms with E-state index in [1.165, 1.54) is 4.31 Å². The van der Waals surface area contributed by atoms with Crippen LogP contribution >= 0.6 is 0 Å². The van der Waals surface area contributed by atoms with Crippen molar-refractivity contribution in [3.8, 4) is 0 Å². The fraction of sp³-hybridized carbons (Fsp3) is 0.769. The molecule has 1 N–H and O–H groups in total. The summed E-state index contributed by atoms with van der Waals surface area (Å²) < 4.78 is 39.0. The maximum absolute atomic E-state index is 12.3. The van der Waals surface area contributed by atoms with Gasteiger partial charge in [0.25, 0.3) is 10.2 Å². The third kappa shape index (κ3) is 4.03. The van der Waals surface area contributed by atoms with Crippen LogP contribution in [0.5, 0.6) is 0 Å². The average Bonchev–Trinajstić information content (AvgIpc) is 3.06. The lowest BCUT2D eigenvalue weighted by Gasteiger charge is -2.23. The van der Waals surface area contributed by atoms with Crippen LogP contribution in [0.1, 0.15) is 44.1 Å². The lowest BCUT2D eigenvalue weighted by Crippen LogP contribution is -2.44. The van der Waals surface area contributed by atoms with Gasteiger partial charge in [-0.1, -0.05) is 19.0 Å². The largest absolute Gasteiger partial charge is 0.383 e. The van der Waals surface area contributed by atoms with Crippen molar-refractivity contribution < 1.29 is 17.7 Å². The second kappa shape index (κ2) is 6.87. The second-order valence-electron chi connectivity index (χ2n) is 5.56. The Kier molecular flexibility index (Phi) is 5.37. The number of methoxy groups -OCH3 is 1. The van der Waals surface area contributed by atoms with Crippen LogP contribution in [-0.4, -0.2) is 44.2 Å². The van der Waals surface area contributed by atoms with Gasteiger partial charge in [-0.2, -0.15) is 17.4 Å². The molecule has 0 saturated carbocycles. The van der Waals surface area contributed by atoms with Gasteiger partial charge in [0.15, 0.2) is 0 Å². The van der Waals surface area contributed by atoms with E-state index in [4.69, 9.17) is 9.26 Å². The highest BCUT2D eigenvalue weighted by atomic mass is 32.2. The van der Waals surface area contributed by atoms with E-state index in [0.717, 1.165) is 18.6 Å². The Labute approximate surface area is 125 Å². The van der Waals surface area contributed by atoms with Crippen molar-refractivity contribution in [1.29, 1.82) is 0 Å². The van der Waals surface area contributed by atoms with Gasteiger partial charge in [-0.25, -0.2) is 0 Å². The van der Waals surface area contributed by atoms with Crippen LogP contribution < -0.4 is 4.72 Å². The Balaban J connectivity index is 1.97. The topological polar surface area (TPSA) is 84.7 Å². The van der Waals surface area contributed by atoms with Crippen molar-refractivity contribution in [2.45, 2.75) is 45.2 Å². The van der Waals surface area contributed by atoms with Crippen molar-refractivity contribution in [3.63, 3.8) is 0 Å². The van der Waals surface area contributed by atoms with Gasteiger partial charge in [-0.3, -0.25) is 0 Å². The van der Waals surface area contributed by atoms with E-state index in [1.807, 2.05) is 13.8 Å². The zero-order valence-corrected chi connectivity index (χ0v) is 13.5. The van der Waals surface area contributed by atoms with Gasteiger partial charge in [0.1, 0.15) is 5.76 Å². The van der Waals surface area contributed by atoms with Crippen LogP contribution in [0.25, 0.3) is 0 Å². The summed E-state index contributed by atoms with van der Waals surface area (Å²) in [6.07, 6.45) is 1.69. The van der Waals surface area contributed by atoms with Crippen molar-refractivity contribution in [2.24, 2.45) is 0 Å². The summed E-state index contributed by atoms with van der Waals surface area (Å²) in [6.45, 7) is 5.07. The first-order valence-electron chi connectivity index (χ1n) is 7.15. The highest BCUT2D eigenvalue weighted by Gasteiger charge is 2.33. The number of hydrogen-bond acceptors (Lipinski definition) is 5. The Morgan fingerprint density at radius 2 is 2.33 bits per heavy atom. The summed E-state index contributed by atoms with van der Waals surface area (Å²) in [4.78, 5) is 0. The molecule has 1 fully saturated rings. The summed E-state index contributed by atoms with van der Waals surface area (Å²) in [5.41, 5.74) is 0.588. The van der Waals surface area contributed by atoms with Gasteiger partial charge in [-0.15, -0.1) is 0 Å². The van der Waals surface area contributed by atoms with Gasteiger partial charge in [0.2, 0.25) is 0 Å². The first-order chi connectivity index (χ1) is 9.94. The minimum atomic E-state index is -3.52. The van der Waals surface area contributed by atoms with Crippen LogP contribution in [0, 0.1) is 0 Å². The van der Waals surface area contributed by atoms with Gasteiger partial charge in [0, 0.05) is 31.7 Å². The fourth-order valence-electron chi connectivity index (χ4n) is 2.42. The molecule has 0 amide bonds. The predicted octanol–water partition coefficient (Wildman–Crippen LogP) is 1.24. The first-order valence-corrected chi connectivity index (χ1v) is 8.59. The minimum absolute atomic E-state index is 0.0870. The molecule has 0 radical (unpaired) electrons. The molecule has 0 spiro atoms. The predicted molar refractivity (Wildman–Crippen MR) is 78.0 cm³/mol. The maximum Gasteiger partial charge on any atom is 0.280 e. The van der Waals surface area contributed by atoms with E-state index >= 15 is 0 Å². The summed E-state index contributed by atoms with van der Waals surface area (Å²) in [7, 11) is -1.94. The molecule has 2 heterocycles. The Bertz CT molecular complexity index is 556. The Hall–Kier alpha value is -0.960. The number of ether oxygens (including phenoxy) is 1. The van der Waals surface area contributed by atoms with Crippen molar-refractivity contribution in [3.05, 3.63) is 17.5 Å². The zero-order valence-electron chi connectivity index (χ0n) is 12.7. The second-order valence-corrected chi connectivity index (χ2v) is 7.27. The molecule has 120 valence electrons. The van der Waals surface area contributed by atoms with Crippen LogP contribution in [0.4, 0.5) is 0 Å². The number of hydrogen-bond donors (Lipinski definition) is 1. The molecule has 1 saturated heterocycles. The maximum atomic E-state index is 12.3. The monoisotopic (exact) mass is 317 g/mol. The highest BCUT2D eigenvalue weighted by molar-refractivity contribution is 7.87. The summed E-state index contributed by atoms with van der Waals surface area (Å²) in [5.74, 6) is 0.982. The average molecular weight is 317 g/mol. The van der Waals surface area contributed by atoms with Crippen LogP contribution in [-0.2, 0) is 21.5 Å². The molecule has 1 unspecified atom stereocenters. The van der Waals surface area contributed by atoms with Gasteiger partial charge in [-0.05, 0) is 12.8 Å². The molecule has 21 heavy (non-hydrogen) atoms. The lowest BCUT2D eigenvalue weighted by atomic mass is 10.1. The molecule has 0 bridgehead atoms. The van der Waals surface area contributed by atoms with E-state index in [1.54, 1.807) is 13.2 Å². The molecular formula is C13H23N3O4S. The van der Waals surface area contributed by atoms with E-state index < -0.39 is 10.2 Å². The van der Waals surface area contributed by atoms with Crippen LogP contribution in [0.15, 0.2) is 10.6 Å². The van der Waals surface area contributed by atoms with Gasteiger partial charge < -0.3 is 9.26 Å². The molecule has 7 nitrogen and oxygen atoms in total. The van der Waals surface area contributed by atoms with E-state index in [2.05, 4.69) is 9.88 Å². The smallest absolute Gasteiger partial charge is 0.280 e.